The minimum atomic E-state index is -0.521. The number of aliphatic hydroxyl groups excluding tert-OH is 1. The highest BCUT2D eigenvalue weighted by atomic mass is 79.9. The van der Waals surface area contributed by atoms with Crippen LogP contribution < -0.4 is 0 Å². The summed E-state index contributed by atoms with van der Waals surface area (Å²) in [7, 11) is 1.98. The van der Waals surface area contributed by atoms with Crippen molar-refractivity contribution in [2.75, 3.05) is 20.2 Å². The molecule has 0 radical (unpaired) electrons. The van der Waals surface area contributed by atoms with Gasteiger partial charge in [-0.1, -0.05) is 34.1 Å². The van der Waals surface area contributed by atoms with Gasteiger partial charge in [0.1, 0.15) is 12.4 Å². The van der Waals surface area contributed by atoms with E-state index in [2.05, 4.69) is 26.9 Å². The van der Waals surface area contributed by atoms with Gasteiger partial charge >= 0.3 is 0 Å². The number of hydrogen-bond donors (Lipinski definition) is 1. The van der Waals surface area contributed by atoms with Gasteiger partial charge in [0.25, 0.3) is 0 Å². The van der Waals surface area contributed by atoms with Crippen molar-refractivity contribution in [3.05, 3.63) is 58.5 Å². The molecule has 0 fully saturated rings. The van der Waals surface area contributed by atoms with Crippen molar-refractivity contribution in [2.24, 2.45) is 0 Å². The zero-order chi connectivity index (χ0) is 15.1. The van der Waals surface area contributed by atoms with Crippen molar-refractivity contribution in [2.45, 2.75) is 19.3 Å². The molecule has 0 bridgehead atoms. The molecule has 1 heterocycles. The van der Waals surface area contributed by atoms with Crippen LogP contribution >= 0.6 is 15.9 Å². The van der Waals surface area contributed by atoms with Gasteiger partial charge in [-0.2, -0.15) is 0 Å². The molecular weight excluding hydrogens is 334 g/mol. The number of aliphatic hydroxyl groups is 1. The molecule has 1 aromatic heterocycles. The molecule has 0 aliphatic carbocycles. The first-order chi connectivity index (χ1) is 10.1. The van der Waals surface area contributed by atoms with Gasteiger partial charge in [-0.3, -0.25) is 4.90 Å². The standard InChI is InChI=1S/C16H20BrNO3/c1-18(9-13-5-2-3-7-16(13)17)10-14(19)11-20-12-15-6-4-8-21-15/h2-8,14,19H,9-12H2,1H3/t14-/m0/s1. The minimum absolute atomic E-state index is 0.293. The number of rotatable bonds is 8. The Hall–Kier alpha value is -1.14. The maximum absolute atomic E-state index is 9.99. The molecule has 1 aromatic carbocycles. The largest absolute Gasteiger partial charge is 0.467 e. The predicted octanol–water partition coefficient (Wildman–Crippen LogP) is 3.05. The lowest BCUT2D eigenvalue weighted by Gasteiger charge is -2.21. The van der Waals surface area contributed by atoms with Crippen LogP contribution in [0.3, 0.4) is 0 Å². The third-order valence-electron chi connectivity index (χ3n) is 3.06. The van der Waals surface area contributed by atoms with E-state index in [0.29, 0.717) is 19.8 Å². The molecular formula is C16H20BrNO3. The zero-order valence-electron chi connectivity index (χ0n) is 12.0. The smallest absolute Gasteiger partial charge is 0.129 e. The molecule has 0 aliphatic heterocycles. The summed E-state index contributed by atoms with van der Waals surface area (Å²) in [5.41, 5.74) is 1.20. The number of ether oxygens (including phenoxy) is 1. The molecule has 2 rings (SSSR count). The third kappa shape index (κ3) is 5.63. The summed E-state index contributed by atoms with van der Waals surface area (Å²) < 4.78 is 11.7. The molecule has 1 atom stereocenters. The Balaban J connectivity index is 1.69. The number of nitrogens with zero attached hydrogens (tertiary/aromatic N) is 1. The summed E-state index contributed by atoms with van der Waals surface area (Å²) in [6.45, 7) is 2.01. The number of furan rings is 1. The Morgan fingerprint density at radius 1 is 1.29 bits per heavy atom. The second-order valence-corrected chi connectivity index (χ2v) is 5.89. The molecule has 0 aliphatic rings. The molecule has 114 valence electrons. The fourth-order valence-electron chi connectivity index (χ4n) is 2.08. The van der Waals surface area contributed by atoms with Crippen molar-refractivity contribution < 1.29 is 14.3 Å². The Labute approximate surface area is 133 Å². The van der Waals surface area contributed by atoms with E-state index < -0.39 is 6.10 Å². The van der Waals surface area contributed by atoms with Gasteiger partial charge in [-0.05, 0) is 30.8 Å². The lowest BCUT2D eigenvalue weighted by molar-refractivity contribution is 0.00766. The Kier molecular flexibility index (Phi) is 6.45. The molecule has 21 heavy (non-hydrogen) atoms. The Bertz CT molecular complexity index is 530. The van der Waals surface area contributed by atoms with Crippen LogP contribution in [0, 0.1) is 0 Å². The fraction of sp³-hybridized carbons (Fsp3) is 0.375. The molecule has 0 spiro atoms. The average molecular weight is 354 g/mol. The molecule has 1 N–H and O–H groups in total. The van der Waals surface area contributed by atoms with Crippen molar-refractivity contribution in [1.29, 1.82) is 0 Å². The fourth-order valence-corrected chi connectivity index (χ4v) is 2.49. The molecule has 0 amide bonds. The van der Waals surface area contributed by atoms with Gasteiger partial charge < -0.3 is 14.3 Å². The van der Waals surface area contributed by atoms with Gasteiger partial charge in [0.15, 0.2) is 0 Å². The van der Waals surface area contributed by atoms with Crippen molar-refractivity contribution >= 4 is 15.9 Å². The van der Waals surface area contributed by atoms with Crippen LogP contribution in [0.1, 0.15) is 11.3 Å². The molecule has 2 aromatic rings. The maximum atomic E-state index is 9.99. The van der Waals surface area contributed by atoms with E-state index in [9.17, 15) is 5.11 Å². The van der Waals surface area contributed by atoms with Crippen LogP contribution in [0.15, 0.2) is 51.6 Å². The summed E-state index contributed by atoms with van der Waals surface area (Å²) in [5, 5.41) is 9.99. The van der Waals surface area contributed by atoms with Crippen LogP contribution in [-0.2, 0) is 17.9 Å². The number of hydrogen-bond acceptors (Lipinski definition) is 4. The van der Waals surface area contributed by atoms with Crippen LogP contribution in [0.5, 0.6) is 0 Å². The monoisotopic (exact) mass is 353 g/mol. The molecule has 0 saturated carbocycles. The predicted molar refractivity (Wildman–Crippen MR) is 84.8 cm³/mol. The van der Waals surface area contributed by atoms with Gasteiger partial charge in [-0.25, -0.2) is 0 Å². The molecule has 0 saturated heterocycles. The average Bonchev–Trinajstić information content (AvgIpc) is 2.94. The Morgan fingerprint density at radius 3 is 2.81 bits per heavy atom. The lowest BCUT2D eigenvalue weighted by atomic mass is 10.2. The van der Waals surface area contributed by atoms with Crippen molar-refractivity contribution in [1.82, 2.24) is 4.90 Å². The van der Waals surface area contributed by atoms with E-state index >= 15 is 0 Å². The van der Waals surface area contributed by atoms with Gasteiger partial charge in [0.05, 0.1) is 19.0 Å². The number of benzene rings is 1. The van der Waals surface area contributed by atoms with Crippen LogP contribution in [0.4, 0.5) is 0 Å². The number of halogens is 1. The van der Waals surface area contributed by atoms with E-state index in [-0.39, 0.29) is 0 Å². The van der Waals surface area contributed by atoms with Crippen molar-refractivity contribution in [3.63, 3.8) is 0 Å². The zero-order valence-corrected chi connectivity index (χ0v) is 13.6. The summed E-state index contributed by atoms with van der Waals surface area (Å²) >= 11 is 3.53. The molecule has 5 heteroatoms. The lowest BCUT2D eigenvalue weighted by Crippen LogP contribution is -2.31. The van der Waals surface area contributed by atoms with Gasteiger partial charge in [0.2, 0.25) is 0 Å². The highest BCUT2D eigenvalue weighted by molar-refractivity contribution is 9.10. The Morgan fingerprint density at radius 2 is 2.10 bits per heavy atom. The summed E-state index contributed by atoms with van der Waals surface area (Å²) in [6.07, 6.45) is 1.09. The highest BCUT2D eigenvalue weighted by Gasteiger charge is 2.10. The van der Waals surface area contributed by atoms with Gasteiger partial charge in [0, 0.05) is 17.6 Å². The molecule has 0 unspecified atom stereocenters. The third-order valence-corrected chi connectivity index (χ3v) is 3.83. The summed E-state index contributed by atoms with van der Waals surface area (Å²) in [4.78, 5) is 2.07. The normalized spacial score (nSPS) is 12.8. The van der Waals surface area contributed by atoms with E-state index in [0.717, 1.165) is 16.8 Å². The first kappa shape index (κ1) is 16.2. The number of likely N-dealkylation sites (N-methyl/N-ethyl adjacent to an activating group) is 1. The first-order valence-corrected chi connectivity index (χ1v) is 7.64. The molecule has 4 nitrogen and oxygen atoms in total. The van der Waals surface area contributed by atoms with E-state index in [1.165, 1.54) is 5.56 Å². The highest BCUT2D eigenvalue weighted by Crippen LogP contribution is 2.17. The van der Waals surface area contributed by atoms with E-state index in [1.54, 1.807) is 6.26 Å². The first-order valence-electron chi connectivity index (χ1n) is 6.85. The van der Waals surface area contributed by atoms with Crippen LogP contribution in [0.2, 0.25) is 0 Å². The van der Waals surface area contributed by atoms with Crippen LogP contribution in [0.25, 0.3) is 0 Å². The topological polar surface area (TPSA) is 45.8 Å². The SMILES string of the molecule is CN(Cc1ccccc1Br)C[C@H](O)COCc1ccco1. The van der Waals surface area contributed by atoms with E-state index in [4.69, 9.17) is 9.15 Å². The summed E-state index contributed by atoms with van der Waals surface area (Å²) in [5.74, 6) is 0.767. The van der Waals surface area contributed by atoms with Crippen molar-refractivity contribution in [3.8, 4) is 0 Å². The van der Waals surface area contributed by atoms with Gasteiger partial charge in [-0.15, -0.1) is 0 Å². The maximum Gasteiger partial charge on any atom is 0.129 e. The quantitative estimate of drug-likeness (QED) is 0.792. The van der Waals surface area contributed by atoms with Crippen LogP contribution in [-0.4, -0.2) is 36.3 Å². The minimum Gasteiger partial charge on any atom is -0.467 e. The second kappa shape index (κ2) is 8.34. The van der Waals surface area contributed by atoms with E-state index in [1.807, 2.05) is 37.4 Å². The summed E-state index contributed by atoms with van der Waals surface area (Å²) in [6, 6.07) is 11.8. The second-order valence-electron chi connectivity index (χ2n) is 5.04.